The van der Waals surface area contributed by atoms with Crippen molar-refractivity contribution >= 4 is 11.7 Å². The number of allylic oxidation sites excluding steroid dienone is 1. The molecule has 2 aromatic rings. The molecule has 0 bridgehead atoms. The molecule has 0 aliphatic rings. The molecule has 1 heterocycles. The number of hydrogen-bond donors (Lipinski definition) is 1. The summed E-state index contributed by atoms with van der Waals surface area (Å²) in [5.74, 6) is 0. The van der Waals surface area contributed by atoms with Crippen molar-refractivity contribution in [2.45, 2.75) is 123 Å². The van der Waals surface area contributed by atoms with Gasteiger partial charge in [0.05, 0.1) is 12.1 Å². The fourth-order valence-electron chi connectivity index (χ4n) is 4.70. The molecule has 4 heteroatoms. The maximum absolute atomic E-state index is 12.3. The summed E-state index contributed by atoms with van der Waals surface area (Å²) in [5, 5.41) is 3.00. The maximum atomic E-state index is 12.3. The van der Waals surface area contributed by atoms with Crippen molar-refractivity contribution in [1.29, 1.82) is 0 Å². The van der Waals surface area contributed by atoms with Gasteiger partial charge in [-0.15, -0.1) is 0 Å². The van der Waals surface area contributed by atoms with E-state index in [0.29, 0.717) is 6.61 Å². The normalized spacial score (nSPS) is 11.4. The van der Waals surface area contributed by atoms with Crippen molar-refractivity contribution < 1.29 is 14.1 Å². The fraction of sp³-hybridized carbons (Fsp3) is 0.588. The monoisotopic (exact) mass is 521 g/mol. The number of aromatic nitrogens is 1. The first-order valence-corrected chi connectivity index (χ1v) is 15.0. The average Bonchev–Trinajstić information content (AvgIpc) is 2.90. The lowest BCUT2D eigenvalue weighted by molar-refractivity contribution is -0.697. The second-order valence-corrected chi connectivity index (χ2v) is 11.3. The number of ether oxygens (including phenoxy) is 1. The minimum Gasteiger partial charge on any atom is -0.450 e. The summed E-state index contributed by atoms with van der Waals surface area (Å²) < 4.78 is 7.77. The molecule has 1 aromatic carbocycles. The molecule has 4 nitrogen and oxygen atoms in total. The number of carbonyl (C=O) groups is 1. The van der Waals surface area contributed by atoms with Crippen LogP contribution >= 0.6 is 0 Å². The highest BCUT2D eigenvalue weighted by Gasteiger charge is 2.23. The maximum Gasteiger partial charge on any atom is 0.407 e. The van der Waals surface area contributed by atoms with Crippen LogP contribution in [0.1, 0.15) is 121 Å². The van der Waals surface area contributed by atoms with Gasteiger partial charge >= 0.3 is 6.09 Å². The standard InChI is InChI=1S/C34H52N2O2/c1-6-7-19-30-22-25-36(26-23-30)24-16-14-12-10-8-9-11-13-15-17-27-38-33(37)35-34(4,5)32-21-18-20-31(28-32)29(2)3/h18,20-23,25-26,28H,2,6-17,19,24,27H2,1,3-5H3/p+1. The van der Waals surface area contributed by atoms with Crippen LogP contribution in [0.15, 0.2) is 55.4 Å². The first-order chi connectivity index (χ1) is 18.3. The van der Waals surface area contributed by atoms with Gasteiger partial charge in [0.1, 0.15) is 6.54 Å². The minimum absolute atomic E-state index is 0.349. The molecule has 0 radical (unpaired) electrons. The Hall–Kier alpha value is -2.62. The Morgan fingerprint density at radius 1 is 0.895 bits per heavy atom. The lowest BCUT2D eigenvalue weighted by Crippen LogP contribution is -2.41. The molecule has 1 amide bonds. The number of aryl methyl sites for hydroxylation is 2. The molecule has 0 unspecified atom stereocenters. The largest absolute Gasteiger partial charge is 0.450 e. The highest BCUT2D eigenvalue weighted by molar-refractivity contribution is 5.69. The van der Waals surface area contributed by atoms with Gasteiger partial charge in [-0.2, -0.15) is 0 Å². The van der Waals surface area contributed by atoms with Gasteiger partial charge in [-0.3, -0.25) is 0 Å². The number of benzene rings is 1. The molecule has 1 aromatic heterocycles. The predicted octanol–water partition coefficient (Wildman–Crippen LogP) is 8.91. The molecule has 1 N–H and O–H groups in total. The van der Waals surface area contributed by atoms with Gasteiger partial charge in [0.15, 0.2) is 12.4 Å². The number of alkyl carbamates (subject to hydrolysis) is 1. The first-order valence-electron chi connectivity index (χ1n) is 15.0. The number of hydrogen-bond acceptors (Lipinski definition) is 2. The van der Waals surface area contributed by atoms with Crippen molar-refractivity contribution in [2.24, 2.45) is 0 Å². The molecule has 0 fully saturated rings. The Morgan fingerprint density at radius 3 is 2.11 bits per heavy atom. The summed E-state index contributed by atoms with van der Waals surface area (Å²) >= 11 is 0. The summed E-state index contributed by atoms with van der Waals surface area (Å²) in [7, 11) is 0. The van der Waals surface area contributed by atoms with E-state index in [-0.39, 0.29) is 6.09 Å². The van der Waals surface area contributed by atoms with Crippen LogP contribution in [-0.2, 0) is 23.2 Å². The molecule has 2 rings (SSSR count). The van der Waals surface area contributed by atoms with E-state index in [9.17, 15) is 4.79 Å². The molecule has 0 aliphatic carbocycles. The van der Waals surface area contributed by atoms with E-state index in [1.54, 1.807) is 0 Å². The molecule has 0 saturated heterocycles. The van der Waals surface area contributed by atoms with Crippen molar-refractivity contribution in [2.75, 3.05) is 6.61 Å². The zero-order valence-corrected chi connectivity index (χ0v) is 24.7. The van der Waals surface area contributed by atoms with Gasteiger partial charge in [-0.1, -0.05) is 88.6 Å². The Balaban J connectivity index is 1.43. The number of carbonyl (C=O) groups excluding carboxylic acids is 1. The third-order valence-electron chi connectivity index (χ3n) is 7.31. The number of rotatable bonds is 19. The van der Waals surface area contributed by atoms with Crippen LogP contribution in [0, 0.1) is 0 Å². The lowest BCUT2D eigenvalue weighted by atomic mass is 9.92. The van der Waals surface area contributed by atoms with E-state index in [1.807, 2.05) is 39.0 Å². The quantitative estimate of drug-likeness (QED) is 0.148. The summed E-state index contributed by atoms with van der Waals surface area (Å²) in [6, 6.07) is 12.7. The van der Waals surface area contributed by atoms with E-state index < -0.39 is 5.54 Å². The van der Waals surface area contributed by atoms with Crippen LogP contribution in [0.5, 0.6) is 0 Å². The van der Waals surface area contributed by atoms with Crippen LogP contribution in [0.25, 0.3) is 5.57 Å². The number of unbranched alkanes of at least 4 members (excludes halogenated alkanes) is 10. The van der Waals surface area contributed by atoms with Gasteiger partial charge in [0.2, 0.25) is 0 Å². The van der Waals surface area contributed by atoms with Gasteiger partial charge in [0.25, 0.3) is 0 Å². The highest BCUT2D eigenvalue weighted by Crippen LogP contribution is 2.23. The molecule has 0 saturated carbocycles. The van der Waals surface area contributed by atoms with Crippen LogP contribution < -0.4 is 9.88 Å². The third kappa shape index (κ3) is 12.8. The van der Waals surface area contributed by atoms with E-state index in [0.717, 1.165) is 36.1 Å². The summed E-state index contributed by atoms with van der Waals surface area (Å²) in [5.41, 5.74) is 4.10. The van der Waals surface area contributed by atoms with Gasteiger partial charge < -0.3 is 10.1 Å². The zero-order chi connectivity index (χ0) is 27.6. The first kappa shape index (κ1) is 31.6. The molecule has 0 atom stereocenters. The van der Waals surface area contributed by atoms with E-state index >= 15 is 0 Å². The van der Waals surface area contributed by atoms with E-state index in [2.05, 4.69) is 54.0 Å². The van der Waals surface area contributed by atoms with Gasteiger partial charge in [-0.05, 0) is 69.2 Å². The van der Waals surface area contributed by atoms with Crippen molar-refractivity contribution in [3.63, 3.8) is 0 Å². The zero-order valence-electron chi connectivity index (χ0n) is 24.7. The molecule has 0 aliphatic heterocycles. The van der Waals surface area contributed by atoms with Gasteiger partial charge in [0, 0.05) is 18.6 Å². The average molecular weight is 522 g/mol. The van der Waals surface area contributed by atoms with Crippen molar-refractivity contribution in [3.05, 3.63) is 72.1 Å². The molecule has 0 spiro atoms. The van der Waals surface area contributed by atoms with Crippen molar-refractivity contribution in [1.82, 2.24) is 5.32 Å². The molecular weight excluding hydrogens is 468 g/mol. The van der Waals surface area contributed by atoms with Crippen LogP contribution in [-0.4, -0.2) is 12.7 Å². The topological polar surface area (TPSA) is 42.2 Å². The number of nitrogens with one attached hydrogen (secondary N) is 1. The Kier molecular flexibility index (Phi) is 14.8. The minimum atomic E-state index is -0.499. The Morgan fingerprint density at radius 2 is 1.50 bits per heavy atom. The second kappa shape index (κ2) is 17.8. The van der Waals surface area contributed by atoms with Crippen LogP contribution in [0.2, 0.25) is 0 Å². The number of nitrogens with zero attached hydrogens (tertiary/aromatic N) is 1. The SMILES string of the molecule is C=C(C)c1cccc(C(C)(C)NC(=O)OCCCCCCCCCCCC[n+]2ccc(CCCC)cc2)c1. The Labute approximate surface area is 232 Å². The Bertz CT molecular complexity index is 949. The predicted molar refractivity (Wildman–Crippen MR) is 160 cm³/mol. The second-order valence-electron chi connectivity index (χ2n) is 11.3. The molecule has 38 heavy (non-hydrogen) atoms. The van der Waals surface area contributed by atoms with Gasteiger partial charge in [-0.25, -0.2) is 9.36 Å². The third-order valence-corrected chi connectivity index (χ3v) is 7.31. The smallest absolute Gasteiger partial charge is 0.407 e. The lowest BCUT2D eigenvalue weighted by Gasteiger charge is -2.27. The van der Waals surface area contributed by atoms with Crippen LogP contribution in [0.4, 0.5) is 4.79 Å². The van der Waals surface area contributed by atoms with Crippen molar-refractivity contribution in [3.8, 4) is 0 Å². The van der Waals surface area contributed by atoms with Crippen LogP contribution in [0.3, 0.4) is 0 Å². The molecule has 210 valence electrons. The fourth-order valence-corrected chi connectivity index (χ4v) is 4.70. The van der Waals surface area contributed by atoms with E-state index in [1.165, 1.54) is 76.2 Å². The number of pyridine rings is 1. The summed E-state index contributed by atoms with van der Waals surface area (Å²) in [4.78, 5) is 12.3. The van der Waals surface area contributed by atoms with E-state index in [4.69, 9.17) is 4.74 Å². The summed E-state index contributed by atoms with van der Waals surface area (Å²) in [6.07, 6.45) is 20.3. The summed E-state index contributed by atoms with van der Waals surface area (Å²) in [6.45, 7) is 13.9. The number of amides is 1. The highest BCUT2D eigenvalue weighted by atomic mass is 16.5. The molecular formula is C34H53N2O2+.